The molecule has 0 radical (unpaired) electrons. The van der Waals surface area contributed by atoms with Gasteiger partial charge in [-0.15, -0.1) is 0 Å². The molecule has 32 heavy (non-hydrogen) atoms. The zero-order valence-corrected chi connectivity index (χ0v) is 18.7. The zero-order valence-electron chi connectivity index (χ0n) is 16.3. The molecule has 1 aromatic heterocycles. The Labute approximate surface area is 192 Å². The molecule has 0 aliphatic carbocycles. The average molecular weight is 494 g/mol. The lowest BCUT2D eigenvalue weighted by molar-refractivity contribution is 0.100. The van der Waals surface area contributed by atoms with Crippen LogP contribution in [0.5, 0.6) is 5.75 Å². The Bertz CT molecular complexity index is 1470. The Morgan fingerprint density at radius 3 is 2.44 bits per heavy atom. The van der Waals surface area contributed by atoms with E-state index in [-0.39, 0.29) is 27.3 Å². The molecule has 0 saturated carbocycles. The van der Waals surface area contributed by atoms with Gasteiger partial charge in [0.2, 0.25) is 10.0 Å². The summed E-state index contributed by atoms with van der Waals surface area (Å²) in [5, 5.41) is 14.2. The van der Waals surface area contributed by atoms with E-state index in [1.807, 2.05) is 0 Å². The van der Waals surface area contributed by atoms with Crippen LogP contribution in [0.3, 0.4) is 0 Å². The molecule has 4 rings (SSSR count). The predicted octanol–water partition coefficient (Wildman–Crippen LogP) is 4.78. The van der Waals surface area contributed by atoms with E-state index < -0.39 is 27.3 Å². The van der Waals surface area contributed by atoms with Crippen LogP contribution in [0.25, 0.3) is 16.6 Å². The van der Waals surface area contributed by atoms with E-state index in [1.165, 1.54) is 35.0 Å². The maximum Gasteiger partial charge on any atom is 0.275 e. The highest BCUT2D eigenvalue weighted by Crippen LogP contribution is 2.33. The van der Waals surface area contributed by atoms with Crippen molar-refractivity contribution in [3.63, 3.8) is 0 Å². The minimum absolute atomic E-state index is 0.0287. The van der Waals surface area contributed by atoms with Crippen LogP contribution in [0.4, 0.5) is 10.1 Å². The van der Waals surface area contributed by atoms with E-state index in [1.54, 1.807) is 18.2 Å². The lowest BCUT2D eigenvalue weighted by atomic mass is 10.1. The highest BCUT2D eigenvalue weighted by molar-refractivity contribution is 7.92. The van der Waals surface area contributed by atoms with Crippen LogP contribution in [0, 0.1) is 5.82 Å². The van der Waals surface area contributed by atoms with Gasteiger partial charge in [0, 0.05) is 11.5 Å². The summed E-state index contributed by atoms with van der Waals surface area (Å²) in [5.41, 5.74) is 0.0432. The molecule has 164 valence electrons. The van der Waals surface area contributed by atoms with Crippen molar-refractivity contribution in [2.75, 3.05) is 10.6 Å². The van der Waals surface area contributed by atoms with Gasteiger partial charge in [-0.05, 0) is 36.4 Å². The number of phenols is 1. The Hall–Kier alpha value is -3.14. The number of fused-ring (bicyclic) bond motifs is 1. The second-order valence-corrected chi connectivity index (χ2v) is 9.45. The van der Waals surface area contributed by atoms with Crippen molar-refractivity contribution < 1.29 is 22.7 Å². The summed E-state index contributed by atoms with van der Waals surface area (Å²) in [7, 11) is -4.07. The molecule has 0 aliphatic rings. The van der Waals surface area contributed by atoms with Crippen LogP contribution in [-0.2, 0) is 10.0 Å². The number of hydrogen-bond acceptors (Lipinski definition) is 5. The number of phenolic OH excluding ortho intramolecular Hbond substituents is 1. The molecule has 0 bridgehead atoms. The number of hydrogen-bond donors (Lipinski definition) is 1. The van der Waals surface area contributed by atoms with E-state index >= 15 is 4.39 Å². The number of halogens is 3. The number of nitrogens with zero attached hydrogens (tertiary/aromatic N) is 3. The topological polar surface area (TPSA) is 92.5 Å². The van der Waals surface area contributed by atoms with Crippen molar-refractivity contribution in [3.05, 3.63) is 82.2 Å². The van der Waals surface area contributed by atoms with Crippen LogP contribution < -0.4 is 4.31 Å². The van der Waals surface area contributed by atoms with E-state index in [2.05, 4.69) is 5.10 Å². The summed E-state index contributed by atoms with van der Waals surface area (Å²) in [6.07, 6.45) is 0.846. The van der Waals surface area contributed by atoms with E-state index in [9.17, 15) is 18.3 Å². The summed E-state index contributed by atoms with van der Waals surface area (Å²) in [6, 6.07) is 13.9. The summed E-state index contributed by atoms with van der Waals surface area (Å²) in [5.74, 6) is -2.13. The number of sulfonamides is 1. The molecule has 7 nitrogen and oxygen atoms in total. The third kappa shape index (κ3) is 3.90. The Kier molecular flexibility index (Phi) is 5.58. The quantitative estimate of drug-likeness (QED) is 0.441. The molecule has 0 unspecified atom stereocenters. The fourth-order valence-electron chi connectivity index (χ4n) is 3.25. The molecule has 4 aromatic rings. The van der Waals surface area contributed by atoms with Crippen LogP contribution in [0.2, 0.25) is 10.2 Å². The molecule has 0 fully saturated rings. The third-order valence-corrected chi connectivity index (χ3v) is 6.24. The summed E-state index contributed by atoms with van der Waals surface area (Å²) in [4.78, 5) is 13.0. The van der Waals surface area contributed by atoms with Crippen molar-refractivity contribution in [1.82, 2.24) is 9.78 Å². The van der Waals surface area contributed by atoms with Crippen molar-refractivity contribution >= 4 is 55.7 Å². The van der Waals surface area contributed by atoms with Gasteiger partial charge in [0.05, 0.1) is 33.7 Å². The molecular weight excluding hydrogens is 480 g/mol. The number of aromatic hydroxyl groups is 1. The molecule has 11 heteroatoms. The Morgan fingerprint density at radius 2 is 1.78 bits per heavy atom. The Morgan fingerprint density at radius 1 is 1.09 bits per heavy atom. The van der Waals surface area contributed by atoms with Gasteiger partial charge in [-0.1, -0.05) is 41.4 Å². The van der Waals surface area contributed by atoms with Gasteiger partial charge in [-0.2, -0.15) is 5.10 Å². The summed E-state index contributed by atoms with van der Waals surface area (Å²) in [6.45, 7) is 0. The fraction of sp³-hybridized carbons (Fsp3) is 0.0476. The summed E-state index contributed by atoms with van der Waals surface area (Å²) < 4.78 is 41.5. The highest BCUT2D eigenvalue weighted by atomic mass is 35.5. The minimum Gasteiger partial charge on any atom is -0.508 e. The number of anilines is 1. The summed E-state index contributed by atoms with van der Waals surface area (Å²) >= 11 is 12.5. The molecule has 0 saturated heterocycles. The van der Waals surface area contributed by atoms with Gasteiger partial charge in [0.15, 0.2) is 5.15 Å². The molecule has 0 spiro atoms. The largest absolute Gasteiger partial charge is 0.508 e. The molecule has 1 amide bonds. The van der Waals surface area contributed by atoms with Crippen LogP contribution in [0.1, 0.15) is 10.4 Å². The molecule has 0 atom stereocenters. The molecule has 0 aliphatic heterocycles. The highest BCUT2D eigenvalue weighted by Gasteiger charge is 2.29. The van der Waals surface area contributed by atoms with E-state index in [0.717, 1.165) is 18.4 Å². The van der Waals surface area contributed by atoms with Crippen molar-refractivity contribution in [1.29, 1.82) is 0 Å². The van der Waals surface area contributed by atoms with Crippen molar-refractivity contribution in [3.8, 4) is 11.4 Å². The van der Waals surface area contributed by atoms with Gasteiger partial charge in [0.25, 0.3) is 5.91 Å². The first-order chi connectivity index (χ1) is 15.1. The second kappa shape index (κ2) is 8.09. The lowest BCUT2D eigenvalue weighted by Crippen LogP contribution is -2.36. The predicted molar refractivity (Wildman–Crippen MR) is 121 cm³/mol. The fourth-order valence-corrected chi connectivity index (χ4v) is 4.62. The van der Waals surface area contributed by atoms with Crippen molar-refractivity contribution in [2.45, 2.75) is 0 Å². The minimum atomic E-state index is -4.07. The van der Waals surface area contributed by atoms with Crippen molar-refractivity contribution in [2.24, 2.45) is 0 Å². The SMILES string of the molecule is CS(=O)(=O)N(C(=O)c1cc(Cl)c(-n2nc(Cl)c3cc(O)ccc32)cc1F)c1ccccc1. The third-order valence-electron chi connectivity index (χ3n) is 4.62. The number of carbonyl (C=O) groups excluding carboxylic acids is 1. The number of benzene rings is 3. The van der Waals surface area contributed by atoms with Gasteiger partial charge >= 0.3 is 0 Å². The number of para-hydroxylation sites is 1. The maximum atomic E-state index is 15.1. The number of carbonyl (C=O) groups is 1. The Balaban J connectivity index is 1.84. The number of rotatable bonds is 4. The standard InChI is InChI=1S/C21H14Cl2FN3O4S/c1-32(30,31)27(12-5-3-2-4-6-12)21(29)14-10-16(22)19(11-17(14)24)26-18-8-7-13(28)9-15(18)20(23)25-26/h2-11,28H,1H3. The molecule has 1 heterocycles. The van der Waals surface area contributed by atoms with Crippen LogP contribution in [-0.4, -0.2) is 35.5 Å². The lowest BCUT2D eigenvalue weighted by Gasteiger charge is -2.21. The molecule has 1 N–H and O–H groups in total. The average Bonchev–Trinajstić information content (AvgIpc) is 3.05. The normalized spacial score (nSPS) is 11.6. The van der Waals surface area contributed by atoms with Gasteiger partial charge in [-0.25, -0.2) is 21.8 Å². The first-order valence-corrected chi connectivity index (χ1v) is 11.6. The first-order valence-electron chi connectivity index (χ1n) is 9.04. The molecule has 3 aromatic carbocycles. The first kappa shape index (κ1) is 22.1. The number of aromatic nitrogens is 2. The van der Waals surface area contributed by atoms with E-state index in [0.29, 0.717) is 15.2 Å². The van der Waals surface area contributed by atoms with Gasteiger partial charge in [-0.3, -0.25) is 4.79 Å². The zero-order chi connectivity index (χ0) is 23.2. The van der Waals surface area contributed by atoms with Gasteiger partial charge in [0.1, 0.15) is 11.6 Å². The van der Waals surface area contributed by atoms with E-state index in [4.69, 9.17) is 23.2 Å². The second-order valence-electron chi connectivity index (χ2n) is 6.86. The molecular formula is C21H14Cl2FN3O4S. The van der Waals surface area contributed by atoms with Crippen LogP contribution in [0.15, 0.2) is 60.7 Å². The maximum absolute atomic E-state index is 15.1. The number of amides is 1. The van der Waals surface area contributed by atoms with Gasteiger partial charge < -0.3 is 5.11 Å². The van der Waals surface area contributed by atoms with Crippen LogP contribution >= 0.6 is 23.2 Å². The smallest absolute Gasteiger partial charge is 0.275 e. The monoisotopic (exact) mass is 493 g/mol.